The van der Waals surface area contributed by atoms with Gasteiger partial charge in [-0.05, 0) is 5.92 Å². The molecule has 2 unspecified atom stereocenters. The van der Waals surface area contributed by atoms with Gasteiger partial charge in [-0.2, -0.15) is 23.5 Å². The number of hydrogen-bond acceptors (Lipinski definition) is 4. The quantitative estimate of drug-likeness (QED) is 0.758. The lowest BCUT2D eigenvalue weighted by molar-refractivity contribution is 0.569. The second-order valence-corrected chi connectivity index (χ2v) is 8.68. The van der Waals surface area contributed by atoms with Gasteiger partial charge in [0.25, 0.3) is 0 Å². The van der Waals surface area contributed by atoms with Crippen molar-refractivity contribution in [3.05, 3.63) is 0 Å². The van der Waals surface area contributed by atoms with Crippen molar-refractivity contribution in [2.45, 2.75) is 12.2 Å². The molecular weight excluding hydrogens is 286 g/mol. The molecule has 2 atom stereocenters. The van der Waals surface area contributed by atoms with Gasteiger partial charge in [-0.15, -0.1) is 11.6 Å². The summed E-state index contributed by atoms with van der Waals surface area (Å²) in [5.41, 5.74) is 0. The van der Waals surface area contributed by atoms with Crippen LogP contribution in [0.25, 0.3) is 0 Å². The number of alkyl halides is 1. The molecule has 16 heavy (non-hydrogen) atoms. The van der Waals surface area contributed by atoms with Gasteiger partial charge in [-0.1, -0.05) is 6.92 Å². The van der Waals surface area contributed by atoms with E-state index >= 15 is 0 Å². The van der Waals surface area contributed by atoms with Gasteiger partial charge in [0.1, 0.15) is 0 Å². The fraction of sp³-hybridized carbons (Fsp3) is 1.00. The van der Waals surface area contributed by atoms with E-state index in [1.54, 1.807) is 0 Å². The third-order valence-electron chi connectivity index (χ3n) is 2.18. The van der Waals surface area contributed by atoms with Crippen molar-refractivity contribution in [3.63, 3.8) is 0 Å². The molecule has 1 N–H and O–H groups in total. The predicted octanol–water partition coefficient (Wildman–Crippen LogP) is 1.63. The van der Waals surface area contributed by atoms with Crippen LogP contribution in [0, 0.1) is 5.92 Å². The van der Waals surface area contributed by atoms with E-state index in [1.807, 2.05) is 30.4 Å². The first-order chi connectivity index (χ1) is 7.53. The third kappa shape index (κ3) is 6.00. The molecule has 1 rings (SSSR count). The molecule has 3 nitrogen and oxygen atoms in total. The van der Waals surface area contributed by atoms with Crippen LogP contribution in [-0.2, 0) is 10.0 Å². The van der Waals surface area contributed by atoms with Gasteiger partial charge in [0, 0.05) is 34.9 Å². The van der Waals surface area contributed by atoms with E-state index in [9.17, 15) is 8.42 Å². The third-order valence-corrected chi connectivity index (χ3v) is 7.17. The highest BCUT2D eigenvalue weighted by Gasteiger charge is 2.19. The Morgan fingerprint density at radius 2 is 2.25 bits per heavy atom. The van der Waals surface area contributed by atoms with E-state index in [0.717, 1.165) is 11.5 Å². The molecule has 0 radical (unpaired) electrons. The fourth-order valence-electron chi connectivity index (χ4n) is 1.35. The van der Waals surface area contributed by atoms with Gasteiger partial charge in [0.2, 0.25) is 10.0 Å². The summed E-state index contributed by atoms with van der Waals surface area (Å²) in [7, 11) is -3.15. The summed E-state index contributed by atoms with van der Waals surface area (Å²) in [4.78, 5) is 0. The zero-order chi connectivity index (χ0) is 12.0. The lowest BCUT2D eigenvalue weighted by Gasteiger charge is -2.21. The molecule has 1 heterocycles. The highest BCUT2D eigenvalue weighted by Crippen LogP contribution is 2.23. The summed E-state index contributed by atoms with van der Waals surface area (Å²) >= 11 is 9.36. The van der Waals surface area contributed by atoms with Crippen molar-refractivity contribution in [3.8, 4) is 0 Å². The molecule has 0 aromatic carbocycles. The average molecular weight is 304 g/mol. The molecule has 1 aliphatic heterocycles. The first-order valence-electron chi connectivity index (χ1n) is 5.26. The number of thioether (sulfide) groups is 2. The first kappa shape index (κ1) is 15.0. The van der Waals surface area contributed by atoms with Crippen LogP contribution < -0.4 is 4.72 Å². The Kier molecular flexibility index (Phi) is 6.88. The summed E-state index contributed by atoms with van der Waals surface area (Å²) in [5, 5.41) is 0.417. The standard InChI is InChI=1S/C9H18ClNO2S3/c1-8(4-10)7-16(12,13)11-5-9-6-14-2-3-15-9/h8-9,11H,2-7H2,1H3. The highest BCUT2D eigenvalue weighted by atomic mass is 35.5. The normalized spacial score (nSPS) is 24.2. The van der Waals surface area contributed by atoms with Crippen molar-refractivity contribution in [1.29, 1.82) is 0 Å². The van der Waals surface area contributed by atoms with Crippen LogP contribution in [0.3, 0.4) is 0 Å². The van der Waals surface area contributed by atoms with Crippen LogP contribution in [0.1, 0.15) is 6.92 Å². The van der Waals surface area contributed by atoms with Gasteiger partial charge < -0.3 is 0 Å². The molecule has 1 aliphatic rings. The number of hydrogen-bond donors (Lipinski definition) is 1. The molecule has 7 heteroatoms. The van der Waals surface area contributed by atoms with Gasteiger partial charge in [-0.3, -0.25) is 0 Å². The molecular formula is C9H18ClNO2S3. The summed E-state index contributed by atoms with van der Waals surface area (Å²) in [6.45, 7) is 2.40. The van der Waals surface area contributed by atoms with Crippen LogP contribution >= 0.6 is 35.1 Å². The Morgan fingerprint density at radius 3 is 2.81 bits per heavy atom. The topological polar surface area (TPSA) is 46.2 Å². The van der Waals surface area contributed by atoms with Crippen molar-refractivity contribution < 1.29 is 8.42 Å². The summed E-state index contributed by atoms with van der Waals surface area (Å²) in [6.07, 6.45) is 0. The Morgan fingerprint density at radius 1 is 1.50 bits per heavy atom. The second kappa shape index (κ2) is 7.36. The van der Waals surface area contributed by atoms with Crippen molar-refractivity contribution in [2.24, 2.45) is 5.92 Å². The molecule has 0 spiro atoms. The maximum atomic E-state index is 11.7. The Balaban J connectivity index is 2.29. The average Bonchev–Trinajstić information content (AvgIpc) is 2.27. The molecule has 0 bridgehead atoms. The minimum Gasteiger partial charge on any atom is -0.214 e. The Hall–Kier alpha value is 0.900. The monoisotopic (exact) mass is 303 g/mol. The van der Waals surface area contributed by atoms with Crippen molar-refractivity contribution in [1.82, 2.24) is 4.72 Å². The molecule has 0 aliphatic carbocycles. The largest absolute Gasteiger partial charge is 0.214 e. The van der Waals surface area contributed by atoms with Crippen LogP contribution in [0.4, 0.5) is 0 Å². The molecule has 96 valence electrons. The Bertz CT molecular complexity index is 291. The van der Waals surface area contributed by atoms with E-state index in [-0.39, 0.29) is 11.7 Å². The van der Waals surface area contributed by atoms with Gasteiger partial charge in [0.15, 0.2) is 0 Å². The molecule has 0 saturated carbocycles. The van der Waals surface area contributed by atoms with Crippen LogP contribution in [-0.4, -0.2) is 49.1 Å². The van der Waals surface area contributed by atoms with E-state index < -0.39 is 10.0 Å². The maximum absolute atomic E-state index is 11.7. The highest BCUT2D eigenvalue weighted by molar-refractivity contribution is 8.06. The Labute approximate surface area is 112 Å². The number of sulfonamides is 1. The van der Waals surface area contributed by atoms with E-state index in [1.165, 1.54) is 5.75 Å². The van der Waals surface area contributed by atoms with Crippen LogP contribution in [0.15, 0.2) is 0 Å². The predicted molar refractivity (Wildman–Crippen MR) is 75.2 cm³/mol. The molecule has 0 aromatic rings. The zero-order valence-electron chi connectivity index (χ0n) is 9.32. The minimum absolute atomic E-state index is 0.00699. The second-order valence-electron chi connectivity index (χ2n) is 3.96. The number of nitrogens with one attached hydrogen (secondary N) is 1. The molecule has 0 aromatic heterocycles. The van der Waals surface area contributed by atoms with Crippen LogP contribution in [0.5, 0.6) is 0 Å². The fourth-order valence-corrected chi connectivity index (χ4v) is 5.75. The maximum Gasteiger partial charge on any atom is 0.211 e. The smallest absolute Gasteiger partial charge is 0.211 e. The summed E-state index contributed by atoms with van der Waals surface area (Å²) < 4.78 is 26.0. The molecule has 0 amide bonds. The first-order valence-corrected chi connectivity index (χ1v) is 9.65. The van der Waals surface area contributed by atoms with Gasteiger partial charge in [0.05, 0.1) is 5.75 Å². The minimum atomic E-state index is -3.15. The lowest BCUT2D eigenvalue weighted by atomic mass is 10.3. The van der Waals surface area contributed by atoms with E-state index in [4.69, 9.17) is 11.6 Å². The van der Waals surface area contributed by atoms with Crippen molar-refractivity contribution in [2.75, 3.05) is 35.4 Å². The molecule has 1 fully saturated rings. The van der Waals surface area contributed by atoms with E-state index in [0.29, 0.717) is 17.7 Å². The SMILES string of the molecule is CC(CCl)CS(=O)(=O)NCC1CSCCS1. The molecule has 1 saturated heterocycles. The number of halogens is 1. The van der Waals surface area contributed by atoms with E-state index in [2.05, 4.69) is 4.72 Å². The van der Waals surface area contributed by atoms with Gasteiger partial charge in [-0.25, -0.2) is 13.1 Å². The van der Waals surface area contributed by atoms with Crippen molar-refractivity contribution >= 4 is 45.1 Å². The van der Waals surface area contributed by atoms with Crippen LogP contribution in [0.2, 0.25) is 0 Å². The summed E-state index contributed by atoms with van der Waals surface area (Å²) in [5.74, 6) is 3.85. The van der Waals surface area contributed by atoms with Gasteiger partial charge >= 0.3 is 0 Å². The number of rotatable bonds is 6. The zero-order valence-corrected chi connectivity index (χ0v) is 12.5. The lowest BCUT2D eigenvalue weighted by Crippen LogP contribution is -2.36. The summed E-state index contributed by atoms with van der Waals surface area (Å²) in [6, 6.07) is 0.